The molecule has 1 aromatic heterocycles. The molecule has 4 nitrogen and oxygen atoms in total. The first-order chi connectivity index (χ1) is 10.1. The first-order valence-corrected chi connectivity index (χ1v) is 8.05. The maximum Gasteiger partial charge on any atom is 0.253 e. The molecule has 0 bridgehead atoms. The van der Waals surface area contributed by atoms with Gasteiger partial charge in [-0.05, 0) is 57.7 Å². The van der Waals surface area contributed by atoms with Gasteiger partial charge < -0.3 is 10.2 Å². The van der Waals surface area contributed by atoms with E-state index in [9.17, 15) is 4.79 Å². The van der Waals surface area contributed by atoms with E-state index in [-0.39, 0.29) is 5.91 Å². The molecule has 21 heavy (non-hydrogen) atoms. The van der Waals surface area contributed by atoms with E-state index in [1.807, 2.05) is 24.9 Å². The molecule has 2 rings (SSSR count). The minimum Gasteiger partial charge on any atom is -0.339 e. The van der Waals surface area contributed by atoms with Crippen molar-refractivity contribution in [2.75, 3.05) is 13.6 Å². The Balaban J connectivity index is 1.89. The van der Waals surface area contributed by atoms with Crippen LogP contribution in [0.2, 0.25) is 0 Å². The summed E-state index contributed by atoms with van der Waals surface area (Å²) in [6.45, 7) is 5.21. The van der Waals surface area contributed by atoms with Crippen LogP contribution in [0, 0.1) is 6.92 Å². The molecule has 4 heteroatoms. The number of aromatic nitrogens is 1. The number of carbonyl (C=O) groups is 1. The van der Waals surface area contributed by atoms with Gasteiger partial charge >= 0.3 is 0 Å². The Bertz CT molecular complexity index is 467. The van der Waals surface area contributed by atoms with Crippen LogP contribution in [0.25, 0.3) is 0 Å². The van der Waals surface area contributed by atoms with Gasteiger partial charge in [0, 0.05) is 36.6 Å². The fraction of sp³-hybridized carbons (Fsp3) is 0.647. The number of carbonyl (C=O) groups excluding carboxylic acids is 1. The van der Waals surface area contributed by atoms with Crippen molar-refractivity contribution in [3.05, 3.63) is 29.6 Å². The third-order valence-electron chi connectivity index (χ3n) is 4.39. The van der Waals surface area contributed by atoms with Crippen molar-refractivity contribution in [2.24, 2.45) is 0 Å². The van der Waals surface area contributed by atoms with Crippen molar-refractivity contribution in [2.45, 2.75) is 58.0 Å². The molecule has 0 aliphatic heterocycles. The smallest absolute Gasteiger partial charge is 0.253 e. The summed E-state index contributed by atoms with van der Waals surface area (Å²) in [5.41, 5.74) is 1.64. The number of amides is 1. The van der Waals surface area contributed by atoms with Gasteiger partial charge in [0.25, 0.3) is 5.91 Å². The minimum absolute atomic E-state index is 0.116. The maximum absolute atomic E-state index is 12.5. The molecule has 0 radical (unpaired) electrons. The molecule has 0 aromatic carbocycles. The van der Waals surface area contributed by atoms with Gasteiger partial charge in [-0.3, -0.25) is 9.78 Å². The Morgan fingerprint density at radius 1 is 1.38 bits per heavy atom. The standard InChI is InChI=1S/C17H27N3O/c1-4-10-19-15-5-7-16(8-6-15)20(3)17(21)14-9-11-18-13(2)12-14/h9,11-12,15-16,19H,4-8,10H2,1-3H3. The van der Waals surface area contributed by atoms with Crippen molar-refractivity contribution < 1.29 is 4.79 Å². The van der Waals surface area contributed by atoms with Gasteiger partial charge in [-0.2, -0.15) is 0 Å². The summed E-state index contributed by atoms with van der Waals surface area (Å²) in [6, 6.07) is 4.67. The molecule has 1 aromatic rings. The second kappa shape index (κ2) is 7.55. The number of nitrogens with one attached hydrogen (secondary N) is 1. The summed E-state index contributed by atoms with van der Waals surface area (Å²) in [6.07, 6.45) is 7.40. The predicted molar refractivity (Wildman–Crippen MR) is 85.4 cm³/mol. The van der Waals surface area contributed by atoms with E-state index in [0.717, 1.165) is 43.5 Å². The first-order valence-electron chi connectivity index (χ1n) is 8.05. The molecule has 1 saturated carbocycles. The van der Waals surface area contributed by atoms with E-state index in [4.69, 9.17) is 0 Å². The average molecular weight is 289 g/mol. The molecule has 0 atom stereocenters. The number of aryl methyl sites for hydroxylation is 1. The van der Waals surface area contributed by atoms with E-state index < -0.39 is 0 Å². The molecule has 0 spiro atoms. The van der Waals surface area contributed by atoms with Crippen LogP contribution in [0.5, 0.6) is 0 Å². The van der Waals surface area contributed by atoms with Crippen LogP contribution in [-0.2, 0) is 0 Å². The zero-order valence-electron chi connectivity index (χ0n) is 13.4. The SMILES string of the molecule is CCCNC1CCC(N(C)C(=O)c2ccnc(C)c2)CC1. The molecule has 0 saturated heterocycles. The summed E-state index contributed by atoms with van der Waals surface area (Å²) in [7, 11) is 1.93. The van der Waals surface area contributed by atoms with Crippen molar-refractivity contribution in [1.82, 2.24) is 15.2 Å². The molecule has 0 unspecified atom stereocenters. The predicted octanol–water partition coefficient (Wildman–Crippen LogP) is 2.77. The van der Waals surface area contributed by atoms with Gasteiger partial charge in [-0.25, -0.2) is 0 Å². The molecule has 1 fully saturated rings. The van der Waals surface area contributed by atoms with Gasteiger partial charge in [-0.15, -0.1) is 0 Å². The molecule has 1 heterocycles. The largest absolute Gasteiger partial charge is 0.339 e. The lowest BCUT2D eigenvalue weighted by atomic mass is 9.90. The highest BCUT2D eigenvalue weighted by molar-refractivity contribution is 5.94. The molecule has 1 N–H and O–H groups in total. The molecular formula is C17H27N3O. The Hall–Kier alpha value is -1.42. The highest BCUT2D eigenvalue weighted by Crippen LogP contribution is 2.23. The number of rotatable bonds is 5. The van der Waals surface area contributed by atoms with Gasteiger partial charge in [0.15, 0.2) is 0 Å². The van der Waals surface area contributed by atoms with Crippen molar-refractivity contribution in [3.8, 4) is 0 Å². The monoisotopic (exact) mass is 289 g/mol. The van der Waals surface area contributed by atoms with Crippen molar-refractivity contribution >= 4 is 5.91 Å². The maximum atomic E-state index is 12.5. The lowest BCUT2D eigenvalue weighted by Gasteiger charge is -2.35. The fourth-order valence-corrected chi connectivity index (χ4v) is 3.06. The topological polar surface area (TPSA) is 45.2 Å². The Kier molecular flexibility index (Phi) is 5.74. The number of hydrogen-bond acceptors (Lipinski definition) is 3. The van der Waals surface area contributed by atoms with Crippen molar-refractivity contribution in [1.29, 1.82) is 0 Å². The summed E-state index contributed by atoms with van der Waals surface area (Å²) in [5.74, 6) is 0.116. The number of pyridine rings is 1. The van der Waals surface area contributed by atoms with Gasteiger partial charge in [0.2, 0.25) is 0 Å². The van der Waals surface area contributed by atoms with E-state index in [0.29, 0.717) is 12.1 Å². The van der Waals surface area contributed by atoms with Crippen LogP contribution in [-0.4, -0.2) is 41.5 Å². The third kappa shape index (κ3) is 4.27. The van der Waals surface area contributed by atoms with Crippen LogP contribution < -0.4 is 5.32 Å². The van der Waals surface area contributed by atoms with Crippen LogP contribution in [0.15, 0.2) is 18.3 Å². The summed E-state index contributed by atoms with van der Waals surface area (Å²) < 4.78 is 0. The van der Waals surface area contributed by atoms with Crippen LogP contribution in [0.4, 0.5) is 0 Å². The molecule has 1 aliphatic carbocycles. The van der Waals surface area contributed by atoms with E-state index in [1.165, 1.54) is 6.42 Å². The number of hydrogen-bond donors (Lipinski definition) is 1. The van der Waals surface area contributed by atoms with Crippen LogP contribution in [0.3, 0.4) is 0 Å². The normalized spacial score (nSPS) is 22.0. The Morgan fingerprint density at radius 3 is 2.71 bits per heavy atom. The molecule has 116 valence electrons. The zero-order chi connectivity index (χ0) is 15.2. The summed E-state index contributed by atoms with van der Waals surface area (Å²) in [5, 5.41) is 3.59. The van der Waals surface area contributed by atoms with Crippen molar-refractivity contribution in [3.63, 3.8) is 0 Å². The molecule has 1 aliphatic rings. The van der Waals surface area contributed by atoms with Gasteiger partial charge in [0.1, 0.15) is 0 Å². The lowest BCUT2D eigenvalue weighted by Crippen LogP contribution is -2.43. The van der Waals surface area contributed by atoms with Crippen LogP contribution >= 0.6 is 0 Å². The van der Waals surface area contributed by atoms with E-state index in [1.54, 1.807) is 12.3 Å². The highest BCUT2D eigenvalue weighted by Gasteiger charge is 2.26. The van der Waals surface area contributed by atoms with Gasteiger partial charge in [-0.1, -0.05) is 6.92 Å². The first kappa shape index (κ1) is 16.0. The molecule has 1 amide bonds. The zero-order valence-corrected chi connectivity index (χ0v) is 13.4. The van der Waals surface area contributed by atoms with Crippen LogP contribution in [0.1, 0.15) is 55.1 Å². The second-order valence-electron chi connectivity index (χ2n) is 6.06. The quantitative estimate of drug-likeness (QED) is 0.906. The third-order valence-corrected chi connectivity index (χ3v) is 4.39. The second-order valence-corrected chi connectivity index (χ2v) is 6.06. The Labute approximate surface area is 127 Å². The molecular weight excluding hydrogens is 262 g/mol. The Morgan fingerprint density at radius 2 is 2.10 bits per heavy atom. The lowest BCUT2D eigenvalue weighted by molar-refractivity contribution is 0.0684. The fourth-order valence-electron chi connectivity index (χ4n) is 3.06. The van der Waals surface area contributed by atoms with E-state index in [2.05, 4.69) is 17.2 Å². The average Bonchev–Trinajstić information content (AvgIpc) is 2.52. The summed E-state index contributed by atoms with van der Waals surface area (Å²) in [4.78, 5) is 18.6. The van der Waals surface area contributed by atoms with E-state index >= 15 is 0 Å². The minimum atomic E-state index is 0.116. The summed E-state index contributed by atoms with van der Waals surface area (Å²) >= 11 is 0. The number of nitrogens with zero attached hydrogens (tertiary/aromatic N) is 2. The highest BCUT2D eigenvalue weighted by atomic mass is 16.2. The van der Waals surface area contributed by atoms with Gasteiger partial charge in [0.05, 0.1) is 0 Å².